The standard InChI is InChI=1S/C3H2F2N2O2S/c4-3-2(1-6-7-3)10(5,8)9/h1H,(H,6,7). The van der Waals surface area contributed by atoms with Crippen molar-refractivity contribution in [1.29, 1.82) is 0 Å². The van der Waals surface area contributed by atoms with Crippen molar-refractivity contribution in [1.82, 2.24) is 10.2 Å². The molecule has 1 rings (SSSR count). The lowest BCUT2D eigenvalue weighted by molar-refractivity contribution is 0.522. The van der Waals surface area contributed by atoms with Crippen molar-refractivity contribution in [3.05, 3.63) is 12.1 Å². The summed E-state index contributed by atoms with van der Waals surface area (Å²) in [5.41, 5.74) is 0. The van der Waals surface area contributed by atoms with Crippen molar-refractivity contribution in [2.45, 2.75) is 4.90 Å². The fourth-order valence-corrected chi connectivity index (χ4v) is 0.868. The summed E-state index contributed by atoms with van der Waals surface area (Å²) < 4.78 is 43.9. The van der Waals surface area contributed by atoms with Crippen molar-refractivity contribution < 1.29 is 16.7 Å². The van der Waals surface area contributed by atoms with Crippen LogP contribution in [0.4, 0.5) is 8.28 Å². The van der Waals surface area contributed by atoms with Crippen LogP contribution in [-0.4, -0.2) is 18.6 Å². The van der Waals surface area contributed by atoms with E-state index in [0.29, 0.717) is 6.20 Å². The van der Waals surface area contributed by atoms with Gasteiger partial charge in [-0.1, -0.05) is 0 Å². The number of H-pyrrole nitrogens is 1. The van der Waals surface area contributed by atoms with Crippen molar-refractivity contribution in [3.63, 3.8) is 0 Å². The van der Waals surface area contributed by atoms with Gasteiger partial charge in [0.1, 0.15) is 0 Å². The molecule has 1 aromatic rings. The van der Waals surface area contributed by atoms with Gasteiger partial charge < -0.3 is 0 Å². The summed E-state index contributed by atoms with van der Waals surface area (Å²) in [5.74, 6) is -1.29. The first kappa shape index (κ1) is 7.13. The second kappa shape index (κ2) is 2.01. The van der Waals surface area contributed by atoms with Crippen LogP contribution in [0.2, 0.25) is 0 Å². The lowest BCUT2D eigenvalue weighted by Crippen LogP contribution is -1.92. The Balaban J connectivity index is 3.32. The fraction of sp³-hybridized carbons (Fsp3) is 0. The van der Waals surface area contributed by atoms with Crippen LogP contribution in [0.15, 0.2) is 11.1 Å². The summed E-state index contributed by atoms with van der Waals surface area (Å²) in [6.07, 6.45) is 0.560. The second-order valence-corrected chi connectivity index (χ2v) is 2.80. The van der Waals surface area contributed by atoms with E-state index in [4.69, 9.17) is 0 Å². The second-order valence-electron chi connectivity index (χ2n) is 1.49. The molecule has 0 atom stereocenters. The molecule has 10 heavy (non-hydrogen) atoms. The SMILES string of the molecule is O=S(=O)(F)c1cn[nH]c1F. The molecule has 0 fully saturated rings. The first-order valence-electron chi connectivity index (χ1n) is 2.15. The van der Waals surface area contributed by atoms with Crippen molar-refractivity contribution in [2.24, 2.45) is 0 Å². The summed E-state index contributed by atoms with van der Waals surface area (Å²) in [6.45, 7) is 0. The summed E-state index contributed by atoms with van der Waals surface area (Å²) in [5, 5.41) is 4.61. The lowest BCUT2D eigenvalue weighted by Gasteiger charge is -1.83. The first-order chi connectivity index (χ1) is 4.52. The molecule has 0 bridgehead atoms. The molecule has 0 aliphatic heterocycles. The third-order valence-electron chi connectivity index (χ3n) is 0.824. The summed E-state index contributed by atoms with van der Waals surface area (Å²) in [4.78, 5) is -1.06. The Kier molecular flexibility index (Phi) is 1.43. The molecule has 0 radical (unpaired) electrons. The van der Waals surface area contributed by atoms with E-state index in [9.17, 15) is 16.7 Å². The van der Waals surface area contributed by atoms with Crippen LogP contribution in [0.25, 0.3) is 0 Å². The number of nitrogens with one attached hydrogen (secondary N) is 1. The minimum atomic E-state index is -4.96. The average Bonchev–Trinajstić information content (AvgIpc) is 2.11. The van der Waals surface area contributed by atoms with Crippen molar-refractivity contribution in [2.75, 3.05) is 0 Å². The van der Waals surface area contributed by atoms with E-state index in [1.165, 1.54) is 0 Å². The Morgan fingerprint density at radius 2 is 2.20 bits per heavy atom. The molecular formula is C3H2F2N2O2S. The Morgan fingerprint density at radius 1 is 1.60 bits per heavy atom. The minimum Gasteiger partial charge on any atom is -0.252 e. The van der Waals surface area contributed by atoms with Gasteiger partial charge in [0, 0.05) is 0 Å². The highest BCUT2D eigenvalue weighted by Crippen LogP contribution is 2.12. The average molecular weight is 168 g/mol. The topological polar surface area (TPSA) is 62.8 Å². The van der Waals surface area contributed by atoms with Gasteiger partial charge in [-0.15, -0.1) is 3.89 Å². The van der Waals surface area contributed by atoms with E-state index in [0.717, 1.165) is 0 Å². The Hall–Kier alpha value is -0.980. The highest BCUT2D eigenvalue weighted by Gasteiger charge is 2.19. The molecule has 7 heteroatoms. The number of aromatic amines is 1. The molecule has 0 saturated carbocycles. The van der Waals surface area contributed by atoms with Crippen molar-refractivity contribution in [3.8, 4) is 0 Å². The molecule has 1 N–H and O–H groups in total. The molecule has 0 unspecified atom stereocenters. The van der Waals surface area contributed by atoms with Gasteiger partial charge in [0.15, 0.2) is 4.90 Å². The normalized spacial score (nSPS) is 11.8. The maximum Gasteiger partial charge on any atom is 0.338 e. The molecular weight excluding hydrogens is 166 g/mol. The maximum atomic E-state index is 12.1. The van der Waals surface area contributed by atoms with E-state index in [2.05, 4.69) is 5.10 Å². The zero-order valence-electron chi connectivity index (χ0n) is 4.51. The Labute approximate surface area is 55.1 Å². The highest BCUT2D eigenvalue weighted by atomic mass is 32.3. The predicted molar refractivity (Wildman–Crippen MR) is 26.8 cm³/mol. The van der Waals surface area contributed by atoms with Crippen LogP contribution in [0.1, 0.15) is 0 Å². The smallest absolute Gasteiger partial charge is 0.252 e. The number of hydrogen-bond acceptors (Lipinski definition) is 3. The van der Waals surface area contributed by atoms with Crippen molar-refractivity contribution >= 4 is 10.2 Å². The number of aromatic nitrogens is 2. The van der Waals surface area contributed by atoms with Gasteiger partial charge >= 0.3 is 10.2 Å². The largest absolute Gasteiger partial charge is 0.338 e. The summed E-state index contributed by atoms with van der Waals surface area (Å²) in [6, 6.07) is 0. The Morgan fingerprint density at radius 3 is 2.40 bits per heavy atom. The zero-order valence-corrected chi connectivity index (χ0v) is 5.32. The number of halogens is 2. The quantitative estimate of drug-likeness (QED) is 0.609. The first-order valence-corrected chi connectivity index (χ1v) is 3.53. The zero-order chi connectivity index (χ0) is 7.78. The summed E-state index contributed by atoms with van der Waals surface area (Å²) >= 11 is 0. The highest BCUT2D eigenvalue weighted by molar-refractivity contribution is 7.86. The van der Waals surface area contributed by atoms with E-state index in [-0.39, 0.29) is 0 Å². The van der Waals surface area contributed by atoms with E-state index < -0.39 is 21.1 Å². The van der Waals surface area contributed by atoms with Crippen LogP contribution in [0.5, 0.6) is 0 Å². The maximum absolute atomic E-state index is 12.1. The van der Waals surface area contributed by atoms with E-state index >= 15 is 0 Å². The lowest BCUT2D eigenvalue weighted by atomic mass is 10.7. The third-order valence-corrected chi connectivity index (χ3v) is 1.63. The van der Waals surface area contributed by atoms with Gasteiger partial charge in [0.05, 0.1) is 6.20 Å². The number of nitrogens with zero attached hydrogens (tertiary/aromatic N) is 1. The Bertz CT molecular complexity index is 330. The van der Waals surface area contributed by atoms with E-state index in [1.807, 2.05) is 0 Å². The predicted octanol–water partition coefficient (Wildman–Crippen LogP) is 0.207. The molecule has 0 aromatic carbocycles. The van der Waals surface area contributed by atoms with Crippen LogP contribution in [-0.2, 0) is 10.2 Å². The van der Waals surface area contributed by atoms with Crippen LogP contribution < -0.4 is 0 Å². The minimum absolute atomic E-state index is 0.560. The summed E-state index contributed by atoms with van der Waals surface area (Å²) in [7, 11) is -4.96. The van der Waals surface area contributed by atoms with Gasteiger partial charge in [0.2, 0.25) is 5.95 Å². The van der Waals surface area contributed by atoms with Gasteiger partial charge in [-0.2, -0.15) is 17.9 Å². The molecule has 0 spiro atoms. The van der Waals surface area contributed by atoms with Gasteiger partial charge in [-0.25, -0.2) is 0 Å². The van der Waals surface area contributed by atoms with Gasteiger partial charge in [-0.3, -0.25) is 5.10 Å². The monoisotopic (exact) mass is 168 g/mol. The van der Waals surface area contributed by atoms with Gasteiger partial charge in [0.25, 0.3) is 0 Å². The molecule has 0 saturated heterocycles. The number of rotatable bonds is 1. The molecule has 0 aliphatic carbocycles. The van der Waals surface area contributed by atoms with Crippen LogP contribution in [0.3, 0.4) is 0 Å². The molecule has 0 aliphatic rings. The van der Waals surface area contributed by atoms with Crippen LogP contribution in [0, 0.1) is 5.95 Å². The molecule has 0 amide bonds. The van der Waals surface area contributed by atoms with E-state index in [1.54, 1.807) is 5.10 Å². The molecule has 4 nitrogen and oxygen atoms in total. The van der Waals surface area contributed by atoms with Crippen LogP contribution >= 0.6 is 0 Å². The molecule has 56 valence electrons. The fourth-order valence-electron chi connectivity index (χ4n) is 0.429. The molecule has 1 aromatic heterocycles. The number of hydrogen-bond donors (Lipinski definition) is 1. The molecule has 1 heterocycles. The third kappa shape index (κ3) is 1.13. The van der Waals surface area contributed by atoms with Gasteiger partial charge in [-0.05, 0) is 0 Å².